The topological polar surface area (TPSA) is 69.6 Å². The zero-order chi connectivity index (χ0) is 18.3. The minimum absolute atomic E-state index is 0.210. The molecule has 4 nitrogen and oxygen atoms in total. The van der Waals surface area contributed by atoms with Crippen molar-refractivity contribution < 1.29 is 15.0 Å². The van der Waals surface area contributed by atoms with Crippen molar-refractivity contribution in [2.45, 2.75) is 84.0 Å². The van der Waals surface area contributed by atoms with Crippen LogP contribution < -0.4 is 5.32 Å². The highest BCUT2D eigenvalue weighted by Crippen LogP contribution is 2.24. The van der Waals surface area contributed by atoms with Crippen LogP contribution in [0.15, 0.2) is 18.2 Å². The summed E-state index contributed by atoms with van der Waals surface area (Å²) in [7, 11) is 0. The SMILES string of the molecule is CCCCCCCCCCCCCCNC(=O)c1ccc(O)c(O)c1. The van der Waals surface area contributed by atoms with E-state index in [1.807, 2.05) is 0 Å². The molecule has 1 aromatic carbocycles. The summed E-state index contributed by atoms with van der Waals surface area (Å²) < 4.78 is 0. The number of rotatable bonds is 14. The number of carbonyl (C=O) groups is 1. The number of amides is 1. The molecule has 0 aromatic heterocycles. The molecule has 0 saturated heterocycles. The summed E-state index contributed by atoms with van der Waals surface area (Å²) in [6, 6.07) is 4.12. The summed E-state index contributed by atoms with van der Waals surface area (Å²) in [6.45, 7) is 2.90. The molecule has 0 aliphatic heterocycles. The van der Waals surface area contributed by atoms with Gasteiger partial charge in [0.1, 0.15) is 0 Å². The van der Waals surface area contributed by atoms with E-state index in [0.29, 0.717) is 12.1 Å². The fourth-order valence-electron chi connectivity index (χ4n) is 2.93. The first kappa shape index (κ1) is 21.3. The Balaban J connectivity index is 1.93. The Morgan fingerprint density at radius 2 is 1.32 bits per heavy atom. The maximum absolute atomic E-state index is 11.9. The molecule has 3 N–H and O–H groups in total. The summed E-state index contributed by atoms with van der Waals surface area (Å²) in [5.41, 5.74) is 0.370. The molecule has 0 aliphatic rings. The Labute approximate surface area is 152 Å². The second kappa shape index (κ2) is 13.6. The Hall–Kier alpha value is -1.71. The van der Waals surface area contributed by atoms with Crippen LogP contribution in [0.3, 0.4) is 0 Å². The average Bonchev–Trinajstić information content (AvgIpc) is 2.61. The van der Waals surface area contributed by atoms with Crippen LogP contribution in [-0.4, -0.2) is 22.7 Å². The van der Waals surface area contributed by atoms with Crippen molar-refractivity contribution in [3.8, 4) is 11.5 Å². The molecule has 0 unspecified atom stereocenters. The second-order valence-electron chi connectivity index (χ2n) is 6.85. The zero-order valence-electron chi connectivity index (χ0n) is 15.7. The van der Waals surface area contributed by atoms with Crippen LogP contribution in [0, 0.1) is 0 Å². The van der Waals surface area contributed by atoms with E-state index in [1.54, 1.807) is 0 Å². The van der Waals surface area contributed by atoms with Crippen molar-refractivity contribution >= 4 is 5.91 Å². The third-order valence-corrected chi connectivity index (χ3v) is 4.55. The monoisotopic (exact) mass is 349 g/mol. The molecule has 1 aromatic rings. The summed E-state index contributed by atoms with van der Waals surface area (Å²) >= 11 is 0. The van der Waals surface area contributed by atoms with Crippen LogP contribution in [0.5, 0.6) is 11.5 Å². The highest BCUT2D eigenvalue weighted by molar-refractivity contribution is 5.94. The highest BCUT2D eigenvalue weighted by Gasteiger charge is 2.07. The highest BCUT2D eigenvalue weighted by atomic mass is 16.3. The van der Waals surface area contributed by atoms with E-state index in [4.69, 9.17) is 0 Å². The van der Waals surface area contributed by atoms with Gasteiger partial charge in [-0.05, 0) is 24.6 Å². The van der Waals surface area contributed by atoms with Gasteiger partial charge in [-0.2, -0.15) is 0 Å². The zero-order valence-corrected chi connectivity index (χ0v) is 15.7. The van der Waals surface area contributed by atoms with Crippen molar-refractivity contribution in [2.24, 2.45) is 0 Å². The van der Waals surface area contributed by atoms with Gasteiger partial charge in [-0.15, -0.1) is 0 Å². The maximum Gasteiger partial charge on any atom is 0.251 e. The van der Waals surface area contributed by atoms with Crippen LogP contribution in [0.25, 0.3) is 0 Å². The van der Waals surface area contributed by atoms with Gasteiger partial charge in [-0.25, -0.2) is 0 Å². The first-order chi connectivity index (χ1) is 12.1. The molecular formula is C21H35NO3. The lowest BCUT2D eigenvalue weighted by atomic mass is 10.1. The molecular weight excluding hydrogens is 314 g/mol. The second-order valence-corrected chi connectivity index (χ2v) is 6.85. The van der Waals surface area contributed by atoms with Crippen molar-refractivity contribution in [3.05, 3.63) is 23.8 Å². The van der Waals surface area contributed by atoms with E-state index in [-0.39, 0.29) is 17.4 Å². The molecule has 1 amide bonds. The van der Waals surface area contributed by atoms with Gasteiger partial charge < -0.3 is 15.5 Å². The largest absolute Gasteiger partial charge is 0.504 e. The van der Waals surface area contributed by atoms with Gasteiger partial charge in [-0.3, -0.25) is 4.79 Å². The van der Waals surface area contributed by atoms with E-state index < -0.39 is 0 Å². The van der Waals surface area contributed by atoms with Crippen LogP contribution in [-0.2, 0) is 0 Å². The quantitative estimate of drug-likeness (QED) is 0.305. The number of phenolic OH excluding ortho intramolecular Hbond substituents is 2. The number of aromatic hydroxyl groups is 2. The lowest BCUT2D eigenvalue weighted by Gasteiger charge is -2.06. The third-order valence-electron chi connectivity index (χ3n) is 4.55. The summed E-state index contributed by atoms with van der Waals surface area (Å²) in [6.07, 6.45) is 15.6. The number of unbranched alkanes of at least 4 members (excludes halogenated alkanes) is 11. The van der Waals surface area contributed by atoms with Crippen molar-refractivity contribution in [2.75, 3.05) is 6.54 Å². The van der Waals surface area contributed by atoms with Crippen LogP contribution >= 0.6 is 0 Å². The molecule has 25 heavy (non-hydrogen) atoms. The van der Waals surface area contributed by atoms with E-state index in [1.165, 1.54) is 82.4 Å². The number of phenols is 2. The molecule has 0 saturated carbocycles. The average molecular weight is 350 g/mol. The number of hydrogen-bond acceptors (Lipinski definition) is 3. The third kappa shape index (κ3) is 10.0. The lowest BCUT2D eigenvalue weighted by Crippen LogP contribution is -2.24. The molecule has 0 bridgehead atoms. The molecule has 0 spiro atoms. The maximum atomic E-state index is 11.9. The Bertz CT molecular complexity index is 488. The summed E-state index contributed by atoms with van der Waals surface area (Å²) in [4.78, 5) is 11.9. The molecule has 0 atom stereocenters. The van der Waals surface area contributed by atoms with Gasteiger partial charge in [0.25, 0.3) is 5.91 Å². The molecule has 0 heterocycles. The van der Waals surface area contributed by atoms with Gasteiger partial charge in [0.15, 0.2) is 11.5 Å². The van der Waals surface area contributed by atoms with E-state index in [0.717, 1.165) is 12.8 Å². The number of hydrogen-bond donors (Lipinski definition) is 3. The van der Waals surface area contributed by atoms with Crippen molar-refractivity contribution in [1.29, 1.82) is 0 Å². The molecule has 0 aliphatic carbocycles. The van der Waals surface area contributed by atoms with Crippen LogP contribution in [0.4, 0.5) is 0 Å². The minimum atomic E-state index is -0.266. The fraction of sp³-hybridized carbons (Fsp3) is 0.667. The van der Waals surface area contributed by atoms with Crippen molar-refractivity contribution in [1.82, 2.24) is 5.32 Å². The fourth-order valence-corrected chi connectivity index (χ4v) is 2.93. The van der Waals surface area contributed by atoms with E-state index in [2.05, 4.69) is 12.2 Å². The predicted octanol–water partition coefficient (Wildman–Crippen LogP) is 5.53. The Kier molecular flexibility index (Phi) is 11.6. The molecule has 0 radical (unpaired) electrons. The number of nitrogens with one attached hydrogen (secondary N) is 1. The first-order valence-electron chi connectivity index (χ1n) is 9.95. The van der Waals surface area contributed by atoms with Gasteiger partial charge in [0, 0.05) is 12.1 Å². The Morgan fingerprint density at radius 3 is 1.84 bits per heavy atom. The molecule has 0 fully saturated rings. The van der Waals surface area contributed by atoms with Gasteiger partial charge >= 0.3 is 0 Å². The van der Waals surface area contributed by atoms with Gasteiger partial charge in [0.05, 0.1) is 0 Å². The predicted molar refractivity (Wildman–Crippen MR) is 103 cm³/mol. The lowest BCUT2D eigenvalue weighted by molar-refractivity contribution is 0.0952. The smallest absolute Gasteiger partial charge is 0.251 e. The molecule has 1 rings (SSSR count). The normalized spacial score (nSPS) is 10.8. The van der Waals surface area contributed by atoms with Crippen molar-refractivity contribution in [3.63, 3.8) is 0 Å². The standard InChI is InChI=1S/C21H35NO3/c1-2-3-4-5-6-7-8-9-10-11-12-13-16-22-21(25)18-14-15-19(23)20(24)17-18/h14-15,17,23-24H,2-13,16H2,1H3,(H,22,25). The first-order valence-corrected chi connectivity index (χ1v) is 9.95. The van der Waals surface area contributed by atoms with E-state index >= 15 is 0 Å². The number of carbonyl (C=O) groups excluding carboxylic acids is 1. The van der Waals surface area contributed by atoms with Gasteiger partial charge in [0.2, 0.25) is 0 Å². The molecule has 4 heteroatoms. The van der Waals surface area contributed by atoms with Gasteiger partial charge in [-0.1, -0.05) is 77.6 Å². The summed E-state index contributed by atoms with van der Waals surface area (Å²) in [5.74, 6) is -0.686. The minimum Gasteiger partial charge on any atom is -0.504 e. The summed E-state index contributed by atoms with van der Waals surface area (Å²) in [5, 5.41) is 21.5. The van der Waals surface area contributed by atoms with Crippen LogP contribution in [0.2, 0.25) is 0 Å². The molecule has 142 valence electrons. The Morgan fingerprint density at radius 1 is 0.800 bits per heavy atom. The number of benzene rings is 1. The van der Waals surface area contributed by atoms with E-state index in [9.17, 15) is 15.0 Å². The van der Waals surface area contributed by atoms with Crippen LogP contribution in [0.1, 0.15) is 94.3 Å².